The molecule has 2 aromatic carbocycles. The van der Waals surface area contributed by atoms with Crippen LogP contribution in [0.15, 0.2) is 60.2 Å². The minimum Gasteiger partial charge on any atom is -0.318 e. The van der Waals surface area contributed by atoms with Gasteiger partial charge in [0.1, 0.15) is 0 Å². The molecule has 2 amide bonds. The molecule has 0 unspecified atom stereocenters. The highest BCUT2D eigenvalue weighted by Gasteiger charge is 2.17. The van der Waals surface area contributed by atoms with Crippen molar-refractivity contribution < 1.29 is 4.79 Å². The van der Waals surface area contributed by atoms with E-state index in [2.05, 4.69) is 49.5 Å². The van der Waals surface area contributed by atoms with Gasteiger partial charge in [-0.15, -0.1) is 0 Å². The first-order valence-electron chi connectivity index (χ1n) is 8.88. The number of amides is 2. The van der Waals surface area contributed by atoms with E-state index >= 15 is 0 Å². The summed E-state index contributed by atoms with van der Waals surface area (Å²) >= 11 is 0. The third-order valence-corrected chi connectivity index (χ3v) is 4.13. The van der Waals surface area contributed by atoms with Crippen molar-refractivity contribution in [1.82, 2.24) is 4.90 Å². The Labute approximate surface area is 151 Å². The summed E-state index contributed by atoms with van der Waals surface area (Å²) < 4.78 is 0. The van der Waals surface area contributed by atoms with Gasteiger partial charge in [0.05, 0.1) is 0 Å². The fourth-order valence-electron chi connectivity index (χ4n) is 2.66. The Kier molecular flexibility index (Phi) is 6.81. The predicted octanol–water partition coefficient (Wildman–Crippen LogP) is 5.59. The molecular weight excluding hydrogens is 308 g/mol. The van der Waals surface area contributed by atoms with E-state index in [1.165, 1.54) is 5.56 Å². The van der Waals surface area contributed by atoms with Crippen molar-refractivity contribution >= 4 is 17.8 Å². The zero-order chi connectivity index (χ0) is 18.2. The first kappa shape index (κ1) is 18.8. The van der Waals surface area contributed by atoms with E-state index < -0.39 is 0 Å². The topological polar surface area (TPSA) is 32.3 Å². The van der Waals surface area contributed by atoms with Crippen LogP contribution in [0.5, 0.6) is 0 Å². The van der Waals surface area contributed by atoms with Gasteiger partial charge in [0.25, 0.3) is 0 Å². The lowest BCUT2D eigenvalue weighted by molar-refractivity contribution is 0.203. The Hall–Kier alpha value is -2.55. The summed E-state index contributed by atoms with van der Waals surface area (Å²) in [6.07, 6.45) is 3.12. The number of rotatable bonds is 6. The second-order valence-electron chi connectivity index (χ2n) is 6.60. The van der Waals surface area contributed by atoms with E-state index in [9.17, 15) is 4.79 Å². The zero-order valence-electron chi connectivity index (χ0n) is 15.6. The highest BCUT2D eigenvalue weighted by molar-refractivity contribution is 5.89. The number of nitrogens with zero attached hydrogens (tertiary/aromatic N) is 1. The van der Waals surface area contributed by atoms with Crippen molar-refractivity contribution in [3.63, 3.8) is 0 Å². The zero-order valence-corrected chi connectivity index (χ0v) is 15.6. The van der Waals surface area contributed by atoms with Crippen molar-refractivity contribution in [3.8, 4) is 0 Å². The quantitative estimate of drug-likeness (QED) is 0.732. The van der Waals surface area contributed by atoms with Crippen LogP contribution in [-0.2, 0) is 6.42 Å². The Morgan fingerprint density at radius 1 is 1.08 bits per heavy atom. The average molecular weight is 336 g/mol. The van der Waals surface area contributed by atoms with Gasteiger partial charge >= 0.3 is 6.03 Å². The number of urea groups is 1. The van der Waals surface area contributed by atoms with Gasteiger partial charge < -0.3 is 10.2 Å². The maximum Gasteiger partial charge on any atom is 0.322 e. The number of hydrogen-bond acceptors (Lipinski definition) is 1. The van der Waals surface area contributed by atoms with Crippen molar-refractivity contribution in [3.05, 3.63) is 71.3 Å². The molecule has 0 saturated carbocycles. The van der Waals surface area contributed by atoms with Gasteiger partial charge in [-0.1, -0.05) is 61.0 Å². The second kappa shape index (κ2) is 9.07. The Balaban J connectivity index is 2.05. The molecule has 1 N–H and O–H groups in total. The van der Waals surface area contributed by atoms with Gasteiger partial charge in [-0.2, -0.15) is 0 Å². The monoisotopic (exact) mass is 336 g/mol. The number of aryl methyl sites for hydroxylation is 1. The van der Waals surface area contributed by atoms with Crippen LogP contribution in [0.4, 0.5) is 10.5 Å². The molecule has 0 aliphatic carbocycles. The Morgan fingerprint density at radius 2 is 1.72 bits per heavy atom. The summed E-state index contributed by atoms with van der Waals surface area (Å²) in [5, 5.41) is 3.00. The number of hydrogen-bond donors (Lipinski definition) is 1. The highest BCUT2D eigenvalue weighted by Crippen LogP contribution is 2.14. The summed E-state index contributed by atoms with van der Waals surface area (Å²) in [4.78, 5) is 14.5. The predicted molar refractivity (Wildman–Crippen MR) is 107 cm³/mol. The van der Waals surface area contributed by atoms with Crippen LogP contribution in [0.25, 0.3) is 6.08 Å². The fraction of sp³-hybridized carbons (Fsp3) is 0.318. The molecule has 0 aromatic heterocycles. The van der Waals surface area contributed by atoms with Gasteiger partial charge in [0.2, 0.25) is 0 Å². The van der Waals surface area contributed by atoms with Crippen LogP contribution < -0.4 is 5.32 Å². The van der Waals surface area contributed by atoms with Crippen LogP contribution in [0, 0.1) is 0 Å². The van der Waals surface area contributed by atoms with Crippen LogP contribution in [0.2, 0.25) is 0 Å². The van der Waals surface area contributed by atoms with Crippen LogP contribution >= 0.6 is 0 Å². The number of nitrogens with one attached hydrogen (secondary N) is 1. The molecule has 0 aliphatic heterocycles. The van der Waals surface area contributed by atoms with Gasteiger partial charge in [0, 0.05) is 18.3 Å². The van der Waals surface area contributed by atoms with E-state index in [-0.39, 0.29) is 12.1 Å². The Morgan fingerprint density at radius 3 is 2.28 bits per heavy atom. The second-order valence-corrected chi connectivity index (χ2v) is 6.60. The lowest BCUT2D eigenvalue weighted by atomic mass is 10.1. The van der Waals surface area contributed by atoms with E-state index in [0.29, 0.717) is 6.54 Å². The molecule has 132 valence electrons. The van der Waals surface area contributed by atoms with Crippen LogP contribution in [-0.4, -0.2) is 23.5 Å². The van der Waals surface area contributed by atoms with Gasteiger partial charge in [0.15, 0.2) is 0 Å². The molecule has 0 saturated heterocycles. The smallest absolute Gasteiger partial charge is 0.318 e. The van der Waals surface area contributed by atoms with Crippen molar-refractivity contribution in [2.45, 2.75) is 40.2 Å². The molecule has 3 heteroatoms. The molecule has 0 heterocycles. The molecule has 25 heavy (non-hydrogen) atoms. The van der Waals surface area contributed by atoms with Crippen molar-refractivity contribution in [2.75, 3.05) is 11.9 Å². The highest BCUT2D eigenvalue weighted by atomic mass is 16.2. The average Bonchev–Trinajstić information content (AvgIpc) is 2.61. The minimum absolute atomic E-state index is 0.0694. The molecule has 0 aliphatic rings. The molecule has 0 atom stereocenters. The largest absolute Gasteiger partial charge is 0.322 e. The number of benzene rings is 2. The van der Waals surface area contributed by atoms with E-state index in [4.69, 9.17) is 0 Å². The third kappa shape index (κ3) is 5.79. The molecular formula is C22H28N2O. The summed E-state index contributed by atoms with van der Waals surface area (Å²) in [6.45, 7) is 8.86. The van der Waals surface area contributed by atoms with Crippen LogP contribution in [0.1, 0.15) is 38.8 Å². The molecule has 2 rings (SSSR count). The first-order valence-corrected chi connectivity index (χ1v) is 8.88. The van der Waals surface area contributed by atoms with E-state index in [0.717, 1.165) is 23.2 Å². The van der Waals surface area contributed by atoms with E-state index in [1.54, 1.807) is 0 Å². The summed E-state index contributed by atoms with van der Waals surface area (Å²) in [5.74, 6) is 0. The molecule has 0 radical (unpaired) electrons. The summed E-state index contributed by atoms with van der Waals surface area (Å²) in [6, 6.07) is 18.3. The van der Waals surface area contributed by atoms with E-state index in [1.807, 2.05) is 49.1 Å². The first-order chi connectivity index (χ1) is 12.0. The Bertz CT molecular complexity index is 703. The number of anilines is 1. The summed E-state index contributed by atoms with van der Waals surface area (Å²) in [5.41, 5.74) is 4.40. The maximum absolute atomic E-state index is 12.7. The van der Waals surface area contributed by atoms with Crippen LogP contribution in [0.3, 0.4) is 0 Å². The molecule has 0 spiro atoms. The van der Waals surface area contributed by atoms with Gasteiger partial charge in [-0.05, 0) is 50.5 Å². The normalized spacial score (nSPS) is 11.5. The minimum atomic E-state index is -0.0694. The van der Waals surface area contributed by atoms with Gasteiger partial charge in [-0.3, -0.25) is 0 Å². The number of carbonyl (C=O) groups excluding carboxylic acids is 1. The standard InChI is InChI=1S/C22H28N2O/c1-5-19-11-13-21(14-12-19)23-22(25)24(17(2)3)16-18(4)15-20-9-7-6-8-10-20/h6-15,17H,5,16H2,1-4H3,(H,23,25)/b18-15+. The van der Waals surface area contributed by atoms with Crippen molar-refractivity contribution in [2.24, 2.45) is 0 Å². The number of carbonyl (C=O) groups is 1. The molecule has 0 fully saturated rings. The maximum atomic E-state index is 12.7. The SMILES string of the molecule is CCc1ccc(NC(=O)N(C/C(C)=C/c2ccccc2)C(C)C)cc1. The summed E-state index contributed by atoms with van der Waals surface area (Å²) in [7, 11) is 0. The lowest BCUT2D eigenvalue weighted by Crippen LogP contribution is -2.41. The van der Waals surface area contributed by atoms with Gasteiger partial charge in [-0.25, -0.2) is 4.79 Å². The lowest BCUT2D eigenvalue weighted by Gasteiger charge is -2.27. The van der Waals surface area contributed by atoms with Crippen molar-refractivity contribution in [1.29, 1.82) is 0 Å². The molecule has 2 aromatic rings. The molecule has 3 nitrogen and oxygen atoms in total. The third-order valence-electron chi connectivity index (χ3n) is 4.13. The fourth-order valence-corrected chi connectivity index (χ4v) is 2.66. The molecule has 0 bridgehead atoms.